The van der Waals surface area contributed by atoms with Crippen LogP contribution in [0.2, 0.25) is 0 Å². The molecule has 1 N–H and O–H groups in total. The fraction of sp³-hybridized carbons (Fsp3) is 0.267. The fourth-order valence-corrected chi connectivity index (χ4v) is 2.15. The van der Waals surface area contributed by atoms with Gasteiger partial charge in [0.25, 0.3) is 0 Å². The molecule has 0 bridgehead atoms. The van der Waals surface area contributed by atoms with E-state index in [-0.39, 0.29) is 6.04 Å². The summed E-state index contributed by atoms with van der Waals surface area (Å²) in [5.41, 5.74) is 1.95. The summed E-state index contributed by atoms with van der Waals surface area (Å²) < 4.78 is 7.04. The van der Waals surface area contributed by atoms with Gasteiger partial charge in [-0.2, -0.15) is 0 Å². The second-order valence-electron chi connectivity index (χ2n) is 4.80. The molecule has 0 aliphatic heterocycles. The van der Waals surface area contributed by atoms with Gasteiger partial charge < -0.3 is 10.1 Å². The lowest BCUT2D eigenvalue weighted by Gasteiger charge is -2.12. The Morgan fingerprint density at radius 2 is 2.14 bits per heavy atom. The lowest BCUT2D eigenvalue weighted by Crippen LogP contribution is -2.20. The van der Waals surface area contributed by atoms with Gasteiger partial charge in [0.05, 0.1) is 13.2 Å². The molecular weight excluding hydrogens is 266 g/mol. The monoisotopic (exact) mass is 283 g/mol. The molecule has 0 saturated heterocycles. The van der Waals surface area contributed by atoms with E-state index in [0.717, 1.165) is 17.0 Å². The average Bonchev–Trinajstić information content (AvgIpc) is 2.97. The van der Waals surface area contributed by atoms with E-state index in [1.807, 2.05) is 40.9 Å². The largest absolute Gasteiger partial charge is 0.481 e. The first-order valence-corrected chi connectivity index (χ1v) is 6.80. The van der Waals surface area contributed by atoms with E-state index in [4.69, 9.17) is 4.74 Å². The predicted octanol–water partition coefficient (Wildman–Crippen LogP) is 1.98. The van der Waals surface area contributed by atoms with Gasteiger partial charge in [0, 0.05) is 25.0 Å². The summed E-state index contributed by atoms with van der Waals surface area (Å²) in [4.78, 5) is 4.19. The lowest BCUT2D eigenvalue weighted by atomic mass is 10.2. The molecule has 0 radical (unpaired) electrons. The van der Waals surface area contributed by atoms with Gasteiger partial charge in [0.1, 0.15) is 0 Å². The highest BCUT2D eigenvalue weighted by molar-refractivity contribution is 5.37. The lowest BCUT2D eigenvalue weighted by molar-refractivity contribution is 0.397. The van der Waals surface area contributed by atoms with E-state index < -0.39 is 0 Å². The highest BCUT2D eigenvalue weighted by atomic mass is 16.5. The van der Waals surface area contributed by atoms with Crippen LogP contribution in [0.4, 0.5) is 0 Å². The van der Waals surface area contributed by atoms with Gasteiger partial charge in [0.15, 0.2) is 11.5 Å². The summed E-state index contributed by atoms with van der Waals surface area (Å²) in [5, 5.41) is 11.8. The van der Waals surface area contributed by atoms with Gasteiger partial charge >= 0.3 is 0 Å². The number of pyridine rings is 2. The average molecular weight is 283 g/mol. The number of hydrogen-bond donors (Lipinski definition) is 1. The van der Waals surface area contributed by atoms with Crippen molar-refractivity contribution in [3.05, 3.63) is 54.1 Å². The summed E-state index contributed by atoms with van der Waals surface area (Å²) in [5.74, 6) is 1.52. The van der Waals surface area contributed by atoms with Crippen LogP contribution < -0.4 is 10.1 Å². The SMILES string of the molecule is COc1ccc(CNC(C)c2nnc3ccccn23)cn1. The molecule has 1 atom stereocenters. The number of nitrogens with zero attached hydrogens (tertiary/aromatic N) is 4. The maximum absolute atomic E-state index is 5.05. The summed E-state index contributed by atoms with van der Waals surface area (Å²) in [6.07, 6.45) is 3.78. The van der Waals surface area contributed by atoms with E-state index >= 15 is 0 Å². The van der Waals surface area contributed by atoms with Crippen molar-refractivity contribution in [3.8, 4) is 5.88 Å². The molecule has 3 aromatic heterocycles. The van der Waals surface area contributed by atoms with Gasteiger partial charge in [-0.15, -0.1) is 10.2 Å². The topological polar surface area (TPSA) is 64.3 Å². The molecule has 3 heterocycles. The van der Waals surface area contributed by atoms with Crippen LogP contribution in [0.5, 0.6) is 5.88 Å². The van der Waals surface area contributed by atoms with E-state index in [2.05, 4.69) is 27.4 Å². The molecule has 0 aromatic carbocycles. The molecule has 0 aliphatic carbocycles. The van der Waals surface area contributed by atoms with E-state index in [0.29, 0.717) is 12.4 Å². The van der Waals surface area contributed by atoms with Crippen LogP contribution in [0.1, 0.15) is 24.4 Å². The number of fused-ring (bicyclic) bond motifs is 1. The Hall–Kier alpha value is -2.47. The number of nitrogens with one attached hydrogen (secondary N) is 1. The molecule has 21 heavy (non-hydrogen) atoms. The molecule has 0 aliphatic rings. The molecule has 0 saturated carbocycles. The van der Waals surface area contributed by atoms with Crippen molar-refractivity contribution in [1.29, 1.82) is 0 Å². The molecule has 108 valence electrons. The highest BCUT2D eigenvalue weighted by Gasteiger charge is 2.12. The number of rotatable bonds is 5. The van der Waals surface area contributed by atoms with Gasteiger partial charge in [-0.3, -0.25) is 4.40 Å². The third-order valence-corrected chi connectivity index (χ3v) is 3.35. The molecule has 0 fully saturated rings. The van der Waals surface area contributed by atoms with Crippen molar-refractivity contribution in [3.63, 3.8) is 0 Å². The predicted molar refractivity (Wildman–Crippen MR) is 79.0 cm³/mol. The maximum Gasteiger partial charge on any atom is 0.212 e. The molecule has 1 unspecified atom stereocenters. The Kier molecular flexibility index (Phi) is 3.79. The summed E-state index contributed by atoms with van der Waals surface area (Å²) in [6, 6.07) is 9.80. The van der Waals surface area contributed by atoms with Crippen molar-refractivity contribution < 1.29 is 4.74 Å². The third kappa shape index (κ3) is 2.85. The zero-order chi connectivity index (χ0) is 14.7. The van der Waals surface area contributed by atoms with Crippen LogP contribution in [0.25, 0.3) is 5.65 Å². The number of ether oxygens (including phenoxy) is 1. The number of hydrogen-bond acceptors (Lipinski definition) is 5. The van der Waals surface area contributed by atoms with Gasteiger partial charge in [-0.25, -0.2) is 4.98 Å². The summed E-state index contributed by atoms with van der Waals surface area (Å²) in [7, 11) is 1.61. The molecule has 0 spiro atoms. The first-order valence-electron chi connectivity index (χ1n) is 6.80. The zero-order valence-corrected chi connectivity index (χ0v) is 12.0. The third-order valence-electron chi connectivity index (χ3n) is 3.35. The smallest absolute Gasteiger partial charge is 0.212 e. The maximum atomic E-state index is 5.05. The zero-order valence-electron chi connectivity index (χ0n) is 12.0. The van der Waals surface area contributed by atoms with Crippen LogP contribution in [-0.2, 0) is 6.54 Å². The standard InChI is InChI=1S/C15H17N5O/c1-11(15-19-18-13-5-3-4-8-20(13)15)16-9-12-6-7-14(21-2)17-10-12/h3-8,10-11,16H,9H2,1-2H3. The molecular formula is C15H17N5O. The van der Waals surface area contributed by atoms with Crippen LogP contribution >= 0.6 is 0 Å². The summed E-state index contributed by atoms with van der Waals surface area (Å²) >= 11 is 0. The van der Waals surface area contributed by atoms with Crippen LogP contribution in [0.15, 0.2) is 42.7 Å². The Balaban J connectivity index is 1.69. The van der Waals surface area contributed by atoms with E-state index in [1.165, 1.54) is 0 Å². The summed E-state index contributed by atoms with van der Waals surface area (Å²) in [6.45, 7) is 2.78. The Labute approximate surface area is 122 Å². The first kappa shape index (κ1) is 13.5. The minimum absolute atomic E-state index is 0.0875. The quantitative estimate of drug-likeness (QED) is 0.775. The number of methoxy groups -OCH3 is 1. The Morgan fingerprint density at radius 3 is 2.90 bits per heavy atom. The van der Waals surface area contributed by atoms with Crippen molar-refractivity contribution in [1.82, 2.24) is 24.9 Å². The van der Waals surface area contributed by atoms with Crippen LogP contribution in [0, 0.1) is 0 Å². The molecule has 0 amide bonds. The molecule has 6 nitrogen and oxygen atoms in total. The van der Waals surface area contributed by atoms with Crippen molar-refractivity contribution in [2.24, 2.45) is 0 Å². The Bertz CT molecular complexity index is 722. The van der Waals surface area contributed by atoms with Crippen LogP contribution in [-0.4, -0.2) is 26.7 Å². The molecule has 3 rings (SSSR count). The minimum Gasteiger partial charge on any atom is -0.481 e. The van der Waals surface area contributed by atoms with Crippen molar-refractivity contribution >= 4 is 5.65 Å². The van der Waals surface area contributed by atoms with Crippen LogP contribution in [0.3, 0.4) is 0 Å². The molecule has 6 heteroatoms. The van der Waals surface area contributed by atoms with Gasteiger partial charge in [0.2, 0.25) is 5.88 Å². The van der Waals surface area contributed by atoms with Gasteiger partial charge in [-0.05, 0) is 24.6 Å². The Morgan fingerprint density at radius 1 is 1.24 bits per heavy atom. The second kappa shape index (κ2) is 5.88. The fourth-order valence-electron chi connectivity index (χ4n) is 2.15. The van der Waals surface area contributed by atoms with Gasteiger partial charge in [-0.1, -0.05) is 12.1 Å². The highest BCUT2D eigenvalue weighted by Crippen LogP contribution is 2.13. The normalized spacial score (nSPS) is 12.5. The van der Waals surface area contributed by atoms with Crippen molar-refractivity contribution in [2.75, 3.05) is 7.11 Å². The minimum atomic E-state index is 0.0875. The second-order valence-corrected chi connectivity index (χ2v) is 4.80. The number of aromatic nitrogens is 4. The van der Waals surface area contributed by atoms with E-state index in [1.54, 1.807) is 13.3 Å². The molecule has 3 aromatic rings. The first-order chi connectivity index (χ1) is 10.3. The van der Waals surface area contributed by atoms with E-state index in [9.17, 15) is 0 Å². The van der Waals surface area contributed by atoms with Crippen molar-refractivity contribution in [2.45, 2.75) is 19.5 Å².